The van der Waals surface area contributed by atoms with Gasteiger partial charge in [-0.2, -0.15) is 5.26 Å². The summed E-state index contributed by atoms with van der Waals surface area (Å²) in [4.78, 5) is 33.9. The molecule has 4 heterocycles. The molecule has 1 aromatic carbocycles. The fourth-order valence-electron chi connectivity index (χ4n) is 9.89. The molecule has 3 saturated carbocycles. The van der Waals surface area contributed by atoms with Crippen LogP contribution in [0.1, 0.15) is 72.3 Å². The van der Waals surface area contributed by atoms with Crippen molar-refractivity contribution < 1.29 is 28.4 Å². The molecule has 0 aromatic heterocycles. The lowest BCUT2D eigenvalue weighted by Gasteiger charge is -2.64. The molecule has 7 fully saturated rings. The van der Waals surface area contributed by atoms with Crippen molar-refractivity contribution in [1.29, 1.82) is 5.26 Å². The number of likely N-dealkylation sites (tertiary alicyclic amines) is 1. The molecular weight excluding hydrogens is 633 g/mol. The maximum atomic E-state index is 13.8. The van der Waals surface area contributed by atoms with Gasteiger partial charge in [-0.1, -0.05) is 44.2 Å². The van der Waals surface area contributed by atoms with E-state index in [1.54, 1.807) is 4.90 Å². The minimum atomic E-state index is -0.761. The van der Waals surface area contributed by atoms with Crippen molar-refractivity contribution in [3.63, 3.8) is 0 Å². The Hall–Kier alpha value is -2.69. The number of nitriles is 1. The first-order valence-corrected chi connectivity index (χ1v) is 19.0. The molecule has 7 atom stereocenters. The summed E-state index contributed by atoms with van der Waals surface area (Å²) in [6, 6.07) is 12.9. The number of alkyl carbamates (subject to hydrolysis) is 1. The summed E-state index contributed by atoms with van der Waals surface area (Å²) >= 11 is 0. The van der Waals surface area contributed by atoms with Gasteiger partial charge in [0.15, 0.2) is 0 Å². The van der Waals surface area contributed by atoms with Crippen LogP contribution in [-0.2, 0) is 30.0 Å². The lowest BCUT2D eigenvalue weighted by atomic mass is 9.43. The van der Waals surface area contributed by atoms with Crippen LogP contribution in [0.5, 0.6) is 0 Å². The SMILES string of the molecule is CC1(C)[C@@H]2C[C@H]3OB([C@H](Cc4ccccc4)NC(=O)O[C@H]4CCCN(C(=O)C(C#N)CC(C)(C)N5CCN(C6COC6)CC5)C4)O[C@@]3(C)[C@H]1C2. The molecule has 1 unspecified atom stereocenters. The Balaban J connectivity index is 0.949. The van der Waals surface area contributed by atoms with Gasteiger partial charge in [0.1, 0.15) is 12.0 Å². The van der Waals surface area contributed by atoms with Crippen molar-refractivity contribution in [3.05, 3.63) is 35.9 Å². The Morgan fingerprint density at radius 3 is 2.50 bits per heavy atom. The molecular formula is C38H56BN5O6. The maximum Gasteiger partial charge on any atom is 0.482 e. The van der Waals surface area contributed by atoms with Crippen LogP contribution >= 0.6 is 0 Å². The van der Waals surface area contributed by atoms with Gasteiger partial charge >= 0.3 is 13.2 Å². The lowest BCUT2D eigenvalue weighted by molar-refractivity contribution is -0.199. The first-order chi connectivity index (χ1) is 23.9. The number of amides is 2. The molecule has 0 radical (unpaired) electrons. The van der Waals surface area contributed by atoms with Crippen molar-refractivity contribution in [2.75, 3.05) is 52.5 Å². The van der Waals surface area contributed by atoms with Crippen LogP contribution < -0.4 is 5.32 Å². The normalized spacial score (nSPS) is 32.6. The summed E-state index contributed by atoms with van der Waals surface area (Å²) < 4.78 is 24.7. The number of rotatable bonds is 10. The number of benzene rings is 1. The monoisotopic (exact) mass is 689 g/mol. The summed E-state index contributed by atoms with van der Waals surface area (Å²) in [6.45, 7) is 17.4. The van der Waals surface area contributed by atoms with E-state index in [2.05, 4.69) is 55.8 Å². The second-order valence-electron chi connectivity index (χ2n) is 17.1. The van der Waals surface area contributed by atoms with E-state index in [0.29, 0.717) is 50.1 Å². The van der Waals surface area contributed by atoms with E-state index in [1.165, 1.54) is 0 Å². The number of carbonyl (C=O) groups excluding carboxylic acids is 2. The third-order valence-corrected chi connectivity index (χ3v) is 13.3. The van der Waals surface area contributed by atoms with Crippen LogP contribution in [-0.4, -0.2) is 122 Å². The third kappa shape index (κ3) is 6.93. The standard InChI is InChI=1S/C38H56BN5O6/c1-36(2,44-16-14-42(15-17-44)29-24-47-25-29)21-27(22-40)34(45)43-13-9-12-30(23-43)48-35(46)41-33(18-26-10-7-6-8-11-26)39-49-32-20-28-19-31(37(28,3)4)38(32,5)50-39/h6-8,10-11,27-33H,9,12-21,23-25H2,1-5H3,(H,41,46)/t27?,28-,30-,31-,32+,33-,38-/m0/s1. The molecule has 7 aliphatic rings. The molecule has 4 saturated heterocycles. The van der Waals surface area contributed by atoms with E-state index < -0.39 is 31.2 Å². The number of carbonyl (C=O) groups is 2. The van der Waals surface area contributed by atoms with Gasteiger partial charge in [0, 0.05) is 38.3 Å². The highest BCUT2D eigenvalue weighted by molar-refractivity contribution is 6.47. The maximum absolute atomic E-state index is 13.8. The van der Waals surface area contributed by atoms with E-state index in [-0.39, 0.29) is 35.1 Å². The number of nitrogens with one attached hydrogen (secondary N) is 1. The zero-order valence-electron chi connectivity index (χ0n) is 30.6. The molecule has 0 spiro atoms. The molecule has 2 bridgehead atoms. The Kier molecular flexibility index (Phi) is 10.0. The number of hydrogen-bond acceptors (Lipinski definition) is 9. The van der Waals surface area contributed by atoms with Gasteiger partial charge in [-0.3, -0.25) is 14.6 Å². The fraction of sp³-hybridized carbons (Fsp3) is 0.763. The molecule has 3 aliphatic carbocycles. The molecule has 1 aromatic rings. The van der Waals surface area contributed by atoms with Crippen molar-refractivity contribution >= 4 is 19.1 Å². The molecule has 50 heavy (non-hydrogen) atoms. The predicted octanol–water partition coefficient (Wildman–Crippen LogP) is 3.91. The number of piperazine rings is 1. The van der Waals surface area contributed by atoms with E-state index in [1.807, 2.05) is 30.3 Å². The van der Waals surface area contributed by atoms with E-state index >= 15 is 0 Å². The van der Waals surface area contributed by atoms with Crippen LogP contribution in [0.4, 0.5) is 4.79 Å². The van der Waals surface area contributed by atoms with Crippen molar-refractivity contribution in [2.24, 2.45) is 23.2 Å². The zero-order chi connectivity index (χ0) is 35.3. The average molecular weight is 690 g/mol. The van der Waals surface area contributed by atoms with Crippen LogP contribution in [0.3, 0.4) is 0 Å². The van der Waals surface area contributed by atoms with Crippen molar-refractivity contribution in [3.8, 4) is 6.07 Å². The van der Waals surface area contributed by atoms with Crippen LogP contribution in [0, 0.1) is 34.5 Å². The van der Waals surface area contributed by atoms with Gasteiger partial charge in [0.2, 0.25) is 5.91 Å². The third-order valence-electron chi connectivity index (χ3n) is 13.3. The number of nitrogens with zero attached hydrogens (tertiary/aromatic N) is 4. The Morgan fingerprint density at radius 1 is 1.10 bits per heavy atom. The first-order valence-electron chi connectivity index (χ1n) is 19.0. The quantitative estimate of drug-likeness (QED) is 0.365. The van der Waals surface area contributed by atoms with Crippen LogP contribution in [0.15, 0.2) is 30.3 Å². The highest BCUT2D eigenvalue weighted by atomic mass is 16.7. The van der Waals surface area contributed by atoms with Gasteiger partial charge in [0.05, 0.1) is 49.5 Å². The first kappa shape index (κ1) is 35.7. The van der Waals surface area contributed by atoms with Crippen LogP contribution in [0.2, 0.25) is 0 Å². The second-order valence-corrected chi connectivity index (χ2v) is 17.1. The zero-order valence-corrected chi connectivity index (χ0v) is 30.6. The molecule has 272 valence electrons. The van der Waals surface area contributed by atoms with E-state index in [0.717, 1.165) is 57.8 Å². The minimum absolute atomic E-state index is 0.00313. The van der Waals surface area contributed by atoms with Gasteiger partial charge in [-0.15, -0.1) is 0 Å². The van der Waals surface area contributed by atoms with Crippen LogP contribution in [0.25, 0.3) is 0 Å². The summed E-state index contributed by atoms with van der Waals surface area (Å²) in [5.41, 5.74) is 0.603. The van der Waals surface area contributed by atoms with E-state index in [4.69, 9.17) is 18.8 Å². The van der Waals surface area contributed by atoms with Gasteiger partial charge in [-0.05, 0) is 82.1 Å². The molecule has 2 amide bonds. The molecule has 11 nitrogen and oxygen atoms in total. The number of hydrogen-bond donors (Lipinski definition) is 1. The number of ether oxygens (including phenoxy) is 2. The van der Waals surface area contributed by atoms with Gasteiger partial charge in [0.25, 0.3) is 0 Å². The largest absolute Gasteiger partial charge is 0.482 e. The predicted molar refractivity (Wildman–Crippen MR) is 189 cm³/mol. The number of piperidine rings is 1. The highest BCUT2D eigenvalue weighted by Crippen LogP contribution is 2.65. The minimum Gasteiger partial charge on any atom is -0.444 e. The topological polar surface area (TPSA) is 117 Å². The summed E-state index contributed by atoms with van der Waals surface area (Å²) in [6.07, 6.45) is 3.50. The fourth-order valence-corrected chi connectivity index (χ4v) is 9.89. The molecule has 8 rings (SSSR count). The van der Waals surface area contributed by atoms with Gasteiger partial charge in [-0.25, -0.2) is 4.79 Å². The summed E-state index contributed by atoms with van der Waals surface area (Å²) in [7, 11) is -0.590. The van der Waals surface area contributed by atoms with Crippen molar-refractivity contribution in [1.82, 2.24) is 20.0 Å². The Bertz CT molecular complexity index is 1430. The molecule has 1 N–H and O–H groups in total. The Morgan fingerprint density at radius 2 is 1.84 bits per heavy atom. The van der Waals surface area contributed by atoms with Crippen molar-refractivity contribution in [2.45, 2.75) is 108 Å². The highest BCUT2D eigenvalue weighted by Gasteiger charge is 2.68. The lowest BCUT2D eigenvalue weighted by Crippen LogP contribution is -2.65. The van der Waals surface area contributed by atoms with E-state index in [9.17, 15) is 14.9 Å². The smallest absolute Gasteiger partial charge is 0.444 e. The summed E-state index contributed by atoms with van der Waals surface area (Å²) in [5, 5.41) is 13.3. The molecule has 12 heteroatoms. The molecule has 4 aliphatic heterocycles. The average Bonchev–Trinajstić information content (AvgIpc) is 3.44. The Labute approximate surface area is 298 Å². The second kappa shape index (κ2) is 14.0. The summed E-state index contributed by atoms with van der Waals surface area (Å²) in [5.74, 6) is -0.331. The van der Waals surface area contributed by atoms with Gasteiger partial charge < -0.3 is 29.0 Å².